The van der Waals surface area contributed by atoms with Crippen molar-refractivity contribution in [1.82, 2.24) is 4.90 Å². The van der Waals surface area contributed by atoms with Crippen LogP contribution in [0.15, 0.2) is 24.3 Å². The summed E-state index contributed by atoms with van der Waals surface area (Å²) in [6, 6.07) is 7.96. The summed E-state index contributed by atoms with van der Waals surface area (Å²) in [5.74, 6) is 1.12. The first-order valence-electron chi connectivity index (χ1n) is 6.65. The molecule has 1 amide bonds. The smallest absolute Gasteiger partial charge is 0.253 e. The van der Waals surface area contributed by atoms with Crippen LogP contribution in [0.4, 0.5) is 0 Å². The minimum absolute atomic E-state index is 0. The Balaban J connectivity index is 0.00000200. The lowest BCUT2D eigenvalue weighted by atomic mass is 9.90. The minimum atomic E-state index is 0. The van der Waals surface area contributed by atoms with Crippen LogP contribution in [0.25, 0.3) is 0 Å². The summed E-state index contributed by atoms with van der Waals surface area (Å²) in [5, 5.41) is 0. The van der Waals surface area contributed by atoms with E-state index in [-0.39, 0.29) is 23.7 Å². The van der Waals surface area contributed by atoms with Crippen LogP contribution in [-0.4, -0.2) is 36.7 Å². The summed E-state index contributed by atoms with van der Waals surface area (Å²) in [5.41, 5.74) is 7.92. The van der Waals surface area contributed by atoms with Gasteiger partial charge in [-0.3, -0.25) is 4.79 Å². The molecule has 5 heteroatoms. The Labute approximate surface area is 131 Å². The first kappa shape index (κ1) is 17.3. The van der Waals surface area contributed by atoms with Crippen LogP contribution >= 0.6 is 24.2 Å². The van der Waals surface area contributed by atoms with Crippen LogP contribution in [0.3, 0.4) is 0 Å². The lowest BCUT2D eigenvalue weighted by molar-refractivity contribution is 0.0777. The zero-order valence-electron chi connectivity index (χ0n) is 12.1. The SMILES string of the molecule is CSCc1ccc(C(=O)N2CCC(C)(CN)C2)cc1.Cl. The number of hydrogen-bond donors (Lipinski definition) is 1. The molecule has 112 valence electrons. The molecular formula is C15H23ClN2OS. The number of likely N-dealkylation sites (tertiary alicyclic amines) is 1. The lowest BCUT2D eigenvalue weighted by Crippen LogP contribution is -2.34. The van der Waals surface area contributed by atoms with Gasteiger partial charge < -0.3 is 10.6 Å². The van der Waals surface area contributed by atoms with Crippen LogP contribution in [0.1, 0.15) is 29.3 Å². The molecule has 1 heterocycles. The van der Waals surface area contributed by atoms with Gasteiger partial charge >= 0.3 is 0 Å². The maximum absolute atomic E-state index is 12.4. The molecule has 2 rings (SSSR count). The number of thioether (sulfide) groups is 1. The molecule has 0 aliphatic carbocycles. The summed E-state index contributed by atoms with van der Waals surface area (Å²) in [6.45, 7) is 4.39. The van der Waals surface area contributed by atoms with E-state index in [4.69, 9.17) is 5.73 Å². The van der Waals surface area contributed by atoms with Crippen molar-refractivity contribution in [3.05, 3.63) is 35.4 Å². The van der Waals surface area contributed by atoms with E-state index in [0.717, 1.165) is 30.8 Å². The van der Waals surface area contributed by atoms with Gasteiger partial charge in [0.2, 0.25) is 0 Å². The number of rotatable bonds is 4. The minimum Gasteiger partial charge on any atom is -0.338 e. The Morgan fingerprint density at radius 3 is 2.55 bits per heavy atom. The topological polar surface area (TPSA) is 46.3 Å². The first-order valence-corrected chi connectivity index (χ1v) is 8.04. The van der Waals surface area contributed by atoms with Crippen molar-refractivity contribution in [3.8, 4) is 0 Å². The third-order valence-electron chi connectivity index (χ3n) is 3.85. The van der Waals surface area contributed by atoms with Gasteiger partial charge in [-0.1, -0.05) is 19.1 Å². The van der Waals surface area contributed by atoms with E-state index in [2.05, 4.69) is 13.2 Å². The molecule has 1 fully saturated rings. The van der Waals surface area contributed by atoms with Gasteiger partial charge in [0, 0.05) is 24.4 Å². The highest BCUT2D eigenvalue weighted by molar-refractivity contribution is 7.97. The van der Waals surface area contributed by atoms with Crippen molar-refractivity contribution in [2.24, 2.45) is 11.1 Å². The van der Waals surface area contributed by atoms with Crippen LogP contribution in [0, 0.1) is 5.41 Å². The first-order chi connectivity index (χ1) is 9.08. The average molecular weight is 315 g/mol. The maximum atomic E-state index is 12.4. The van der Waals surface area contributed by atoms with Crippen molar-refractivity contribution >= 4 is 30.1 Å². The Morgan fingerprint density at radius 1 is 1.40 bits per heavy atom. The highest BCUT2D eigenvalue weighted by Gasteiger charge is 2.35. The Kier molecular flexibility index (Phi) is 6.37. The van der Waals surface area contributed by atoms with Crippen molar-refractivity contribution in [3.63, 3.8) is 0 Å². The number of nitrogens with zero attached hydrogens (tertiary/aromatic N) is 1. The zero-order chi connectivity index (χ0) is 13.9. The van der Waals surface area contributed by atoms with Gasteiger partial charge in [0.05, 0.1) is 0 Å². The van der Waals surface area contributed by atoms with Crippen LogP contribution < -0.4 is 5.73 Å². The molecule has 1 saturated heterocycles. The molecule has 1 aromatic carbocycles. The zero-order valence-corrected chi connectivity index (χ0v) is 13.7. The van der Waals surface area contributed by atoms with Gasteiger partial charge in [0.15, 0.2) is 0 Å². The summed E-state index contributed by atoms with van der Waals surface area (Å²) in [4.78, 5) is 14.3. The number of nitrogens with two attached hydrogens (primary N) is 1. The van der Waals surface area contributed by atoms with Crippen LogP contribution in [0.5, 0.6) is 0 Å². The fourth-order valence-electron chi connectivity index (χ4n) is 2.46. The average Bonchev–Trinajstić information content (AvgIpc) is 2.83. The molecule has 2 N–H and O–H groups in total. The molecule has 0 aromatic heterocycles. The van der Waals surface area contributed by atoms with Gasteiger partial charge in [0.1, 0.15) is 0 Å². The number of hydrogen-bond acceptors (Lipinski definition) is 3. The Bertz CT molecular complexity index is 452. The third-order valence-corrected chi connectivity index (χ3v) is 4.47. The van der Waals surface area contributed by atoms with Gasteiger partial charge in [0.25, 0.3) is 5.91 Å². The summed E-state index contributed by atoms with van der Waals surface area (Å²) in [6.07, 6.45) is 3.08. The number of carbonyl (C=O) groups is 1. The number of benzene rings is 1. The predicted octanol–water partition coefficient (Wildman–Crippen LogP) is 2.78. The fraction of sp³-hybridized carbons (Fsp3) is 0.533. The molecular weight excluding hydrogens is 292 g/mol. The quantitative estimate of drug-likeness (QED) is 0.929. The number of halogens is 1. The fourth-order valence-corrected chi connectivity index (χ4v) is 2.98. The standard InChI is InChI=1S/C15H22N2OS.ClH/c1-15(10-16)7-8-17(11-15)14(18)13-5-3-12(4-6-13)9-19-2;/h3-6H,7-11,16H2,1-2H3;1H. The molecule has 3 nitrogen and oxygen atoms in total. The number of amides is 1. The molecule has 20 heavy (non-hydrogen) atoms. The summed E-state index contributed by atoms with van der Waals surface area (Å²) in [7, 11) is 0. The van der Waals surface area contributed by atoms with Crippen LogP contribution in [0.2, 0.25) is 0 Å². The largest absolute Gasteiger partial charge is 0.338 e. The molecule has 0 bridgehead atoms. The van der Waals surface area contributed by atoms with Crippen molar-refractivity contribution < 1.29 is 4.79 Å². The third kappa shape index (κ3) is 3.90. The Morgan fingerprint density at radius 2 is 2.05 bits per heavy atom. The lowest BCUT2D eigenvalue weighted by Gasteiger charge is -2.22. The molecule has 1 unspecified atom stereocenters. The van der Waals surface area contributed by atoms with E-state index in [9.17, 15) is 4.79 Å². The second-order valence-electron chi connectivity index (χ2n) is 5.62. The summed E-state index contributed by atoms with van der Waals surface area (Å²) < 4.78 is 0. The molecule has 1 aromatic rings. The van der Waals surface area contributed by atoms with E-state index in [1.165, 1.54) is 5.56 Å². The van der Waals surface area contributed by atoms with Crippen molar-refractivity contribution in [1.29, 1.82) is 0 Å². The molecule has 1 atom stereocenters. The Hall–Kier alpha value is -0.710. The second kappa shape index (κ2) is 7.34. The van der Waals surface area contributed by atoms with Gasteiger partial charge in [-0.05, 0) is 42.3 Å². The van der Waals surface area contributed by atoms with E-state index in [1.54, 1.807) is 11.8 Å². The highest BCUT2D eigenvalue weighted by atomic mass is 35.5. The van der Waals surface area contributed by atoms with Gasteiger partial charge in [-0.25, -0.2) is 0 Å². The normalized spacial score (nSPS) is 21.6. The molecule has 1 aliphatic rings. The van der Waals surface area contributed by atoms with Gasteiger partial charge in [-0.2, -0.15) is 11.8 Å². The highest BCUT2D eigenvalue weighted by Crippen LogP contribution is 2.29. The number of carbonyl (C=O) groups excluding carboxylic acids is 1. The van der Waals surface area contributed by atoms with Gasteiger partial charge in [-0.15, -0.1) is 12.4 Å². The van der Waals surface area contributed by atoms with E-state index >= 15 is 0 Å². The van der Waals surface area contributed by atoms with Crippen molar-refractivity contribution in [2.75, 3.05) is 25.9 Å². The van der Waals surface area contributed by atoms with E-state index < -0.39 is 0 Å². The molecule has 0 spiro atoms. The van der Waals surface area contributed by atoms with E-state index in [1.807, 2.05) is 29.2 Å². The second-order valence-corrected chi connectivity index (χ2v) is 6.49. The monoisotopic (exact) mass is 314 g/mol. The van der Waals surface area contributed by atoms with Crippen molar-refractivity contribution in [2.45, 2.75) is 19.1 Å². The summed E-state index contributed by atoms with van der Waals surface area (Å²) >= 11 is 1.79. The van der Waals surface area contributed by atoms with Crippen LogP contribution in [-0.2, 0) is 5.75 Å². The maximum Gasteiger partial charge on any atom is 0.253 e. The molecule has 0 saturated carbocycles. The molecule has 1 aliphatic heterocycles. The van der Waals surface area contributed by atoms with E-state index in [0.29, 0.717) is 6.54 Å². The predicted molar refractivity (Wildman–Crippen MR) is 88.6 cm³/mol. The molecule has 0 radical (unpaired) electrons.